The Labute approximate surface area is 249 Å². The van der Waals surface area contributed by atoms with Crippen LogP contribution in [0.25, 0.3) is 0 Å². The number of allylic oxidation sites excluding steroid dienone is 2. The predicted octanol–water partition coefficient (Wildman–Crippen LogP) is 0.0980. The number of nitrogens with zero attached hydrogens (tertiary/aromatic N) is 1. The highest BCUT2D eigenvalue weighted by atomic mass is 16.8. The normalized spacial score (nSPS) is 33.3. The molecule has 1 aliphatic carbocycles. The lowest BCUT2D eigenvalue weighted by Gasteiger charge is -2.43. The highest BCUT2D eigenvalue weighted by molar-refractivity contribution is 5.90. The summed E-state index contributed by atoms with van der Waals surface area (Å²) in [5, 5.41) is 59.7. The van der Waals surface area contributed by atoms with Crippen molar-refractivity contribution in [1.29, 1.82) is 0 Å². The zero-order valence-corrected chi connectivity index (χ0v) is 24.0. The molecule has 0 amide bonds. The highest BCUT2D eigenvalue weighted by Gasteiger charge is 2.47. The number of β-amino-alcohol motifs (C(OH)–C–C–N with tert-alkyl or cyclic N) is 1. The quantitative estimate of drug-likeness (QED) is 0.145. The van der Waals surface area contributed by atoms with Crippen molar-refractivity contribution >= 4 is 11.9 Å². The van der Waals surface area contributed by atoms with Crippen molar-refractivity contribution in [3.8, 4) is 0 Å². The smallest absolute Gasteiger partial charge is 0.337 e. The van der Waals surface area contributed by atoms with E-state index in [0.717, 1.165) is 37.7 Å². The second-order valence-electron chi connectivity index (χ2n) is 11.1. The van der Waals surface area contributed by atoms with Crippen LogP contribution in [0.15, 0.2) is 59.1 Å². The molecule has 3 heterocycles. The lowest BCUT2D eigenvalue weighted by atomic mass is 9.80. The topological polar surface area (TPSA) is 196 Å². The molecular weight excluding hydrogens is 566 g/mol. The van der Waals surface area contributed by atoms with Crippen LogP contribution in [0.5, 0.6) is 0 Å². The number of carboxylic acids is 1. The summed E-state index contributed by atoms with van der Waals surface area (Å²) in [4.78, 5) is 26.3. The average Bonchev–Trinajstić information content (AvgIpc) is 3.01. The van der Waals surface area contributed by atoms with E-state index in [-0.39, 0.29) is 24.3 Å². The highest BCUT2D eigenvalue weighted by Crippen LogP contribution is 2.39. The zero-order valence-electron chi connectivity index (χ0n) is 24.0. The Morgan fingerprint density at radius 2 is 1.81 bits per heavy atom. The molecule has 0 aromatic heterocycles. The molecule has 1 saturated carbocycles. The number of methoxy groups -OCH3 is 1. The Morgan fingerprint density at radius 1 is 1.07 bits per heavy atom. The van der Waals surface area contributed by atoms with Gasteiger partial charge in [0.25, 0.3) is 0 Å². The van der Waals surface area contributed by atoms with Gasteiger partial charge < -0.3 is 54.5 Å². The van der Waals surface area contributed by atoms with Gasteiger partial charge in [-0.3, -0.25) is 0 Å². The van der Waals surface area contributed by atoms with Gasteiger partial charge in [-0.05, 0) is 37.3 Å². The number of aliphatic carboxylic acids is 1. The maximum atomic E-state index is 12.9. The molecule has 0 spiro atoms. The molecule has 4 rings (SSSR count). The number of ether oxygens (including phenoxy) is 4. The van der Waals surface area contributed by atoms with Gasteiger partial charge in [0.15, 0.2) is 6.29 Å². The van der Waals surface area contributed by atoms with E-state index >= 15 is 0 Å². The molecule has 0 aromatic carbocycles. The average molecular weight is 608 g/mol. The molecule has 1 saturated heterocycles. The van der Waals surface area contributed by atoms with Crippen molar-refractivity contribution in [1.82, 2.24) is 4.90 Å². The number of carbonyl (C=O) groups excluding carboxylic acids is 1. The van der Waals surface area contributed by atoms with Crippen LogP contribution < -0.4 is 0 Å². The molecule has 238 valence electrons. The first-order chi connectivity index (χ1) is 20.7. The van der Waals surface area contributed by atoms with E-state index < -0.39 is 67.4 Å². The lowest BCUT2D eigenvalue weighted by Crippen LogP contribution is -2.60. The van der Waals surface area contributed by atoms with Crippen LogP contribution in [-0.4, -0.2) is 118 Å². The first kappa shape index (κ1) is 32.9. The standard InChI is InChI=1S/C30H41NO12/c1-40-28(39)22-16-41-29(43-30-26(36)25(35)24(34)23(15-33)42-30)21(12-17-5-3-2-4-6-17)20(22)8-7-18-11-19(27(37)38)14-31(13-18)9-10-32/h7-8,11-12,14,16,20-21,23-26,29-30,32-36H,2-6,9-10,13,15H2,1H3,(H,37,38). The van der Waals surface area contributed by atoms with Crippen LogP contribution in [0.2, 0.25) is 0 Å². The minimum atomic E-state index is -1.66. The molecule has 0 bridgehead atoms. The fourth-order valence-electron chi connectivity index (χ4n) is 5.76. The summed E-state index contributed by atoms with van der Waals surface area (Å²) in [7, 11) is 1.25. The Bertz CT molecular complexity index is 1150. The van der Waals surface area contributed by atoms with E-state index in [4.69, 9.17) is 18.9 Å². The number of carboxylic acid groups (broad SMARTS) is 1. The summed E-state index contributed by atoms with van der Waals surface area (Å²) in [6.07, 6.45) is 5.74. The lowest BCUT2D eigenvalue weighted by molar-refractivity contribution is -0.338. The Morgan fingerprint density at radius 3 is 2.47 bits per heavy atom. The van der Waals surface area contributed by atoms with E-state index in [2.05, 4.69) is 0 Å². The SMILES string of the molecule is COC(=O)C1=COC(OC2OC(CO)C(O)C(O)C2O)C(C=C2CCCCC2)C1C=CC1=CC(C(=O)O)=CN(CCO)C1. The minimum Gasteiger partial charge on any atom is -0.478 e. The number of hydrogen-bond donors (Lipinski definition) is 6. The second kappa shape index (κ2) is 15.1. The monoisotopic (exact) mass is 607 g/mol. The van der Waals surface area contributed by atoms with E-state index in [1.165, 1.54) is 25.6 Å². The number of hydrogen-bond acceptors (Lipinski definition) is 12. The third kappa shape index (κ3) is 7.92. The van der Waals surface area contributed by atoms with Gasteiger partial charge in [-0.1, -0.05) is 30.2 Å². The van der Waals surface area contributed by atoms with Crippen molar-refractivity contribution in [3.05, 3.63) is 59.1 Å². The summed E-state index contributed by atoms with van der Waals surface area (Å²) >= 11 is 0. The molecule has 2 fully saturated rings. The Hall–Kier alpha value is -3.04. The first-order valence-electron chi connectivity index (χ1n) is 14.4. The zero-order chi connectivity index (χ0) is 31.1. The van der Waals surface area contributed by atoms with Crippen LogP contribution >= 0.6 is 0 Å². The number of aliphatic hydroxyl groups excluding tert-OH is 5. The van der Waals surface area contributed by atoms with Gasteiger partial charge in [0.1, 0.15) is 24.4 Å². The van der Waals surface area contributed by atoms with E-state index in [9.17, 15) is 40.2 Å². The van der Waals surface area contributed by atoms with E-state index in [1.807, 2.05) is 6.08 Å². The maximum Gasteiger partial charge on any atom is 0.337 e. The van der Waals surface area contributed by atoms with Crippen molar-refractivity contribution in [2.45, 2.75) is 69.1 Å². The van der Waals surface area contributed by atoms with Gasteiger partial charge in [0.05, 0.1) is 43.6 Å². The number of aliphatic hydroxyl groups is 5. The molecule has 0 aromatic rings. The summed E-state index contributed by atoms with van der Waals surface area (Å²) in [6.45, 7) is -0.236. The molecule has 3 aliphatic heterocycles. The molecule has 43 heavy (non-hydrogen) atoms. The molecule has 13 nitrogen and oxygen atoms in total. The third-order valence-electron chi connectivity index (χ3n) is 8.08. The van der Waals surface area contributed by atoms with Gasteiger partial charge in [-0.2, -0.15) is 0 Å². The Kier molecular flexibility index (Phi) is 11.5. The van der Waals surface area contributed by atoms with Gasteiger partial charge >= 0.3 is 11.9 Å². The van der Waals surface area contributed by atoms with Crippen molar-refractivity contribution < 1.29 is 59.2 Å². The number of rotatable bonds is 10. The van der Waals surface area contributed by atoms with Crippen LogP contribution in [0.4, 0.5) is 0 Å². The van der Waals surface area contributed by atoms with Crippen LogP contribution in [0, 0.1) is 11.8 Å². The third-order valence-corrected chi connectivity index (χ3v) is 8.08. The fraction of sp³-hybridized carbons (Fsp3) is 0.600. The molecule has 8 atom stereocenters. The van der Waals surface area contributed by atoms with Crippen molar-refractivity contribution in [3.63, 3.8) is 0 Å². The summed E-state index contributed by atoms with van der Waals surface area (Å²) in [6, 6.07) is 0. The van der Waals surface area contributed by atoms with Gasteiger partial charge in [-0.25, -0.2) is 9.59 Å². The van der Waals surface area contributed by atoms with Crippen molar-refractivity contribution in [2.75, 3.05) is 33.4 Å². The summed E-state index contributed by atoms with van der Waals surface area (Å²) in [5.41, 5.74) is 1.98. The molecule has 13 heteroatoms. The molecule has 8 unspecified atom stereocenters. The second-order valence-corrected chi connectivity index (χ2v) is 11.1. The van der Waals surface area contributed by atoms with Crippen LogP contribution in [0.1, 0.15) is 32.1 Å². The largest absolute Gasteiger partial charge is 0.478 e. The van der Waals surface area contributed by atoms with Gasteiger partial charge in [-0.15, -0.1) is 0 Å². The van der Waals surface area contributed by atoms with E-state index in [0.29, 0.717) is 12.1 Å². The number of esters is 1. The minimum absolute atomic E-state index is 0.0414. The van der Waals surface area contributed by atoms with Crippen LogP contribution in [-0.2, 0) is 28.5 Å². The molecule has 0 radical (unpaired) electrons. The summed E-state index contributed by atoms with van der Waals surface area (Å²) in [5.74, 6) is -3.10. The number of carbonyl (C=O) groups is 2. The maximum absolute atomic E-state index is 12.9. The predicted molar refractivity (Wildman–Crippen MR) is 150 cm³/mol. The van der Waals surface area contributed by atoms with E-state index in [1.54, 1.807) is 17.1 Å². The molecule has 4 aliphatic rings. The van der Waals surface area contributed by atoms with Crippen molar-refractivity contribution in [2.24, 2.45) is 11.8 Å². The van der Waals surface area contributed by atoms with Crippen LogP contribution in [0.3, 0.4) is 0 Å². The van der Waals surface area contributed by atoms with Gasteiger partial charge in [0.2, 0.25) is 6.29 Å². The first-order valence-corrected chi connectivity index (χ1v) is 14.4. The fourth-order valence-corrected chi connectivity index (χ4v) is 5.76. The molecule has 6 N–H and O–H groups in total. The Balaban J connectivity index is 1.70. The molecular formula is C30H41NO12. The van der Waals surface area contributed by atoms with Gasteiger partial charge in [0, 0.05) is 25.2 Å². The summed E-state index contributed by atoms with van der Waals surface area (Å²) < 4.78 is 22.5.